The maximum Gasteiger partial charge on any atom is 0.146 e. The van der Waals surface area contributed by atoms with Gasteiger partial charge in [0.1, 0.15) is 5.82 Å². The summed E-state index contributed by atoms with van der Waals surface area (Å²) in [6.45, 7) is 1.20. The Hall–Kier alpha value is -0.800. The van der Waals surface area contributed by atoms with Gasteiger partial charge in [-0.2, -0.15) is 0 Å². The third-order valence-corrected chi connectivity index (χ3v) is 2.51. The lowest BCUT2D eigenvalue weighted by Gasteiger charge is -2.22. The van der Waals surface area contributed by atoms with Crippen molar-refractivity contribution in [1.29, 1.82) is 0 Å². The number of anilines is 1. The third-order valence-electron chi connectivity index (χ3n) is 2.23. The fourth-order valence-electron chi connectivity index (χ4n) is 1.44. The third kappa shape index (κ3) is 3.08. The van der Waals surface area contributed by atoms with Gasteiger partial charge in [-0.3, -0.25) is 0 Å². The Morgan fingerprint density at radius 1 is 1.47 bits per heavy atom. The van der Waals surface area contributed by atoms with Crippen molar-refractivity contribution in [2.24, 2.45) is 0 Å². The van der Waals surface area contributed by atoms with E-state index in [0.717, 1.165) is 5.56 Å². The van der Waals surface area contributed by atoms with Gasteiger partial charge in [0, 0.05) is 26.6 Å². The normalized spacial score (nSPS) is 10.4. The highest BCUT2D eigenvalue weighted by atomic mass is 35.5. The van der Waals surface area contributed by atoms with Crippen LogP contribution in [0.1, 0.15) is 5.56 Å². The monoisotopic (exact) mass is 231 g/mol. The van der Waals surface area contributed by atoms with Gasteiger partial charge in [-0.25, -0.2) is 4.39 Å². The lowest BCUT2D eigenvalue weighted by Crippen LogP contribution is -2.24. The minimum absolute atomic E-state index is 0.244. The van der Waals surface area contributed by atoms with Crippen LogP contribution in [0, 0.1) is 5.82 Å². The van der Waals surface area contributed by atoms with Crippen LogP contribution >= 0.6 is 11.6 Å². The number of hydrogen-bond donors (Lipinski definition) is 0. The van der Waals surface area contributed by atoms with E-state index in [-0.39, 0.29) is 5.82 Å². The van der Waals surface area contributed by atoms with E-state index in [1.54, 1.807) is 13.2 Å². The van der Waals surface area contributed by atoms with Crippen LogP contribution < -0.4 is 4.90 Å². The van der Waals surface area contributed by atoms with Crippen LogP contribution in [0.5, 0.6) is 0 Å². The van der Waals surface area contributed by atoms with Gasteiger partial charge in [-0.1, -0.05) is 12.1 Å². The molecule has 0 unspecified atom stereocenters. The SMILES string of the molecule is COCCN(C)c1c(F)cccc1CCl. The Balaban J connectivity index is 2.90. The van der Waals surface area contributed by atoms with Gasteiger partial charge in [0.25, 0.3) is 0 Å². The van der Waals surface area contributed by atoms with E-state index < -0.39 is 0 Å². The Morgan fingerprint density at radius 2 is 2.20 bits per heavy atom. The van der Waals surface area contributed by atoms with Gasteiger partial charge >= 0.3 is 0 Å². The van der Waals surface area contributed by atoms with Crippen molar-refractivity contribution in [3.05, 3.63) is 29.6 Å². The maximum absolute atomic E-state index is 13.6. The molecule has 84 valence electrons. The molecule has 1 aromatic rings. The molecule has 2 nitrogen and oxygen atoms in total. The smallest absolute Gasteiger partial charge is 0.146 e. The van der Waals surface area contributed by atoms with Crippen molar-refractivity contribution in [3.63, 3.8) is 0 Å². The zero-order valence-electron chi connectivity index (χ0n) is 8.96. The topological polar surface area (TPSA) is 12.5 Å². The van der Waals surface area contributed by atoms with Crippen LogP contribution in [-0.2, 0) is 10.6 Å². The molecule has 0 saturated heterocycles. The van der Waals surface area contributed by atoms with E-state index in [1.165, 1.54) is 6.07 Å². The molecule has 15 heavy (non-hydrogen) atoms. The summed E-state index contributed by atoms with van der Waals surface area (Å²) in [6, 6.07) is 4.93. The first-order valence-electron chi connectivity index (χ1n) is 4.74. The quantitative estimate of drug-likeness (QED) is 0.723. The summed E-state index contributed by atoms with van der Waals surface area (Å²) in [5, 5.41) is 0. The van der Waals surface area contributed by atoms with E-state index in [2.05, 4.69) is 0 Å². The van der Waals surface area contributed by atoms with Crippen LogP contribution in [0.25, 0.3) is 0 Å². The molecule has 0 spiro atoms. The second-order valence-corrected chi connectivity index (χ2v) is 3.56. The van der Waals surface area contributed by atoms with E-state index in [9.17, 15) is 4.39 Å². The Bertz CT molecular complexity index is 319. The summed E-state index contributed by atoms with van der Waals surface area (Å²) in [4.78, 5) is 1.82. The van der Waals surface area contributed by atoms with Gasteiger partial charge in [0.2, 0.25) is 0 Å². The number of rotatable bonds is 5. The number of halogens is 2. The summed E-state index contributed by atoms with van der Waals surface area (Å²) < 4.78 is 18.5. The standard InChI is InChI=1S/C11H15ClFNO/c1-14(6-7-15-2)11-9(8-12)4-3-5-10(11)13/h3-5H,6-8H2,1-2H3. The highest BCUT2D eigenvalue weighted by Crippen LogP contribution is 2.24. The Morgan fingerprint density at radius 3 is 2.80 bits per heavy atom. The van der Waals surface area contributed by atoms with Crippen molar-refractivity contribution in [3.8, 4) is 0 Å². The number of benzene rings is 1. The lowest BCUT2D eigenvalue weighted by atomic mass is 10.2. The van der Waals surface area contributed by atoms with Crippen molar-refractivity contribution >= 4 is 17.3 Å². The molecule has 0 atom stereocenters. The molecule has 1 aromatic carbocycles. The molecule has 0 heterocycles. The second kappa shape index (κ2) is 5.93. The largest absolute Gasteiger partial charge is 0.383 e. The summed E-state index contributed by atoms with van der Waals surface area (Å²) >= 11 is 5.76. The number of nitrogens with zero attached hydrogens (tertiary/aromatic N) is 1. The van der Waals surface area contributed by atoms with Gasteiger partial charge in [-0.05, 0) is 11.6 Å². The summed E-state index contributed by atoms with van der Waals surface area (Å²) in [7, 11) is 3.45. The minimum Gasteiger partial charge on any atom is -0.383 e. The number of ether oxygens (including phenoxy) is 1. The fourth-order valence-corrected chi connectivity index (χ4v) is 1.65. The molecule has 0 bridgehead atoms. The first kappa shape index (κ1) is 12.3. The zero-order chi connectivity index (χ0) is 11.3. The van der Waals surface area contributed by atoms with Gasteiger partial charge in [0.15, 0.2) is 0 Å². The summed E-state index contributed by atoms with van der Waals surface area (Å²) in [5.74, 6) is 0.0662. The average Bonchev–Trinajstić information content (AvgIpc) is 2.25. The molecular formula is C11H15ClFNO. The van der Waals surface area contributed by atoms with E-state index in [0.29, 0.717) is 24.7 Å². The fraction of sp³-hybridized carbons (Fsp3) is 0.455. The van der Waals surface area contributed by atoms with Crippen molar-refractivity contribution in [1.82, 2.24) is 0 Å². The summed E-state index contributed by atoms with van der Waals surface area (Å²) in [5.41, 5.74) is 1.36. The van der Waals surface area contributed by atoms with E-state index >= 15 is 0 Å². The van der Waals surface area contributed by atoms with Crippen LogP contribution in [-0.4, -0.2) is 27.3 Å². The van der Waals surface area contributed by atoms with Crippen molar-refractivity contribution in [2.75, 3.05) is 32.2 Å². The van der Waals surface area contributed by atoms with Crippen LogP contribution in [0.2, 0.25) is 0 Å². The average molecular weight is 232 g/mol. The van der Waals surface area contributed by atoms with Crippen LogP contribution in [0.15, 0.2) is 18.2 Å². The van der Waals surface area contributed by atoms with Gasteiger partial charge < -0.3 is 9.64 Å². The lowest BCUT2D eigenvalue weighted by molar-refractivity contribution is 0.206. The molecule has 0 radical (unpaired) electrons. The van der Waals surface area contributed by atoms with Crippen molar-refractivity contribution < 1.29 is 9.13 Å². The van der Waals surface area contributed by atoms with Crippen LogP contribution in [0.4, 0.5) is 10.1 Å². The van der Waals surface area contributed by atoms with Crippen LogP contribution in [0.3, 0.4) is 0 Å². The molecule has 1 rings (SSSR count). The van der Waals surface area contributed by atoms with Gasteiger partial charge in [-0.15, -0.1) is 11.6 Å². The predicted molar refractivity (Wildman–Crippen MR) is 61.1 cm³/mol. The number of hydrogen-bond acceptors (Lipinski definition) is 2. The number of methoxy groups -OCH3 is 1. The maximum atomic E-state index is 13.6. The molecule has 0 amide bonds. The first-order chi connectivity index (χ1) is 7.20. The molecule has 4 heteroatoms. The second-order valence-electron chi connectivity index (χ2n) is 3.30. The highest BCUT2D eigenvalue weighted by Gasteiger charge is 2.11. The minimum atomic E-state index is -0.244. The Labute approximate surface area is 94.6 Å². The molecule has 0 N–H and O–H groups in total. The molecule has 0 aliphatic rings. The zero-order valence-corrected chi connectivity index (χ0v) is 9.72. The van der Waals surface area contributed by atoms with Crippen molar-refractivity contribution in [2.45, 2.75) is 5.88 Å². The van der Waals surface area contributed by atoms with E-state index in [1.807, 2.05) is 18.0 Å². The molecule has 0 fully saturated rings. The molecule has 0 aromatic heterocycles. The first-order valence-corrected chi connectivity index (χ1v) is 5.27. The molecule has 0 aliphatic carbocycles. The predicted octanol–water partition coefficient (Wildman–Crippen LogP) is 2.65. The summed E-state index contributed by atoms with van der Waals surface area (Å²) in [6.07, 6.45) is 0. The number of alkyl halides is 1. The van der Waals surface area contributed by atoms with Gasteiger partial charge in [0.05, 0.1) is 12.3 Å². The number of para-hydroxylation sites is 1. The van der Waals surface area contributed by atoms with E-state index in [4.69, 9.17) is 16.3 Å². The highest BCUT2D eigenvalue weighted by molar-refractivity contribution is 6.17. The molecule has 0 saturated carbocycles. The number of likely N-dealkylation sites (N-methyl/N-ethyl adjacent to an activating group) is 1. The molecule has 0 aliphatic heterocycles. The molecular weight excluding hydrogens is 217 g/mol. The Kier molecular flexibility index (Phi) is 4.85.